The number of rotatable bonds is 5. The molecule has 128 valence electrons. The van der Waals surface area contributed by atoms with Crippen LogP contribution in [-0.4, -0.2) is 22.0 Å². The third-order valence-electron chi connectivity index (χ3n) is 3.60. The van der Waals surface area contributed by atoms with Crippen molar-refractivity contribution in [2.45, 2.75) is 25.3 Å². The number of hydrogen-bond acceptors (Lipinski definition) is 6. The summed E-state index contributed by atoms with van der Waals surface area (Å²) in [6.07, 6.45) is 3.01. The Morgan fingerprint density at radius 2 is 2.00 bits per heavy atom. The molecule has 0 unspecified atom stereocenters. The second-order valence-electron chi connectivity index (χ2n) is 5.32. The van der Waals surface area contributed by atoms with Gasteiger partial charge in [0.15, 0.2) is 0 Å². The molecule has 1 atom stereocenters. The van der Waals surface area contributed by atoms with Gasteiger partial charge in [0.1, 0.15) is 28.2 Å². The van der Waals surface area contributed by atoms with Crippen LogP contribution in [0.15, 0.2) is 56.2 Å². The van der Waals surface area contributed by atoms with Crippen molar-refractivity contribution in [1.29, 1.82) is 5.26 Å². The van der Waals surface area contributed by atoms with Crippen LogP contribution in [0.1, 0.15) is 18.4 Å². The first kappa shape index (κ1) is 16.9. The number of thioether (sulfide) groups is 1. The van der Waals surface area contributed by atoms with Crippen LogP contribution < -0.4 is 5.32 Å². The van der Waals surface area contributed by atoms with Gasteiger partial charge in [-0.05, 0) is 31.2 Å². The van der Waals surface area contributed by atoms with E-state index in [0.717, 1.165) is 0 Å². The molecule has 2 amide bonds. The number of nitrogens with one attached hydrogen (secondary N) is 1. The molecule has 1 aliphatic rings. The first-order valence-electron chi connectivity index (χ1n) is 7.55. The lowest BCUT2D eigenvalue weighted by atomic mass is 10.2. The van der Waals surface area contributed by atoms with Crippen molar-refractivity contribution in [3.05, 3.63) is 58.9 Å². The van der Waals surface area contributed by atoms with E-state index >= 15 is 0 Å². The average molecular weight is 357 g/mol. The predicted octanol–water partition coefficient (Wildman–Crippen LogP) is 2.39. The number of nitrogens with zero attached hydrogens (tertiary/aromatic N) is 2. The molecule has 2 aromatic heterocycles. The second-order valence-corrected chi connectivity index (χ2v) is 6.65. The topological polar surface area (TPSA) is 99.5 Å². The molecule has 7 nitrogen and oxygen atoms in total. The summed E-state index contributed by atoms with van der Waals surface area (Å²) in [6.45, 7) is 2.08. The van der Waals surface area contributed by atoms with E-state index in [-0.39, 0.29) is 29.8 Å². The van der Waals surface area contributed by atoms with Crippen LogP contribution in [-0.2, 0) is 22.7 Å². The maximum absolute atomic E-state index is 12.4. The fourth-order valence-corrected chi connectivity index (χ4v) is 3.47. The summed E-state index contributed by atoms with van der Waals surface area (Å²) < 4.78 is 10.4. The van der Waals surface area contributed by atoms with Crippen molar-refractivity contribution in [1.82, 2.24) is 10.2 Å². The van der Waals surface area contributed by atoms with Gasteiger partial charge in [-0.15, -0.1) is 0 Å². The number of carbonyl (C=O) groups is 2. The Balaban J connectivity index is 1.83. The van der Waals surface area contributed by atoms with Crippen molar-refractivity contribution < 1.29 is 18.4 Å². The van der Waals surface area contributed by atoms with Crippen LogP contribution in [0.5, 0.6) is 0 Å². The molecule has 1 fully saturated rings. The predicted molar refractivity (Wildman–Crippen MR) is 89.5 cm³/mol. The van der Waals surface area contributed by atoms with Crippen molar-refractivity contribution in [2.75, 3.05) is 0 Å². The summed E-state index contributed by atoms with van der Waals surface area (Å²) in [7, 11) is 0. The summed E-state index contributed by atoms with van der Waals surface area (Å²) in [5.74, 6) is 0.441. The molecule has 1 saturated heterocycles. The molecule has 1 aliphatic heterocycles. The Labute approximate surface area is 148 Å². The number of amides is 2. The highest BCUT2D eigenvalue weighted by molar-refractivity contribution is 8.04. The molecule has 25 heavy (non-hydrogen) atoms. The molecule has 8 heteroatoms. The van der Waals surface area contributed by atoms with Crippen LogP contribution in [0, 0.1) is 11.3 Å². The molecule has 0 bridgehead atoms. The SMILES string of the molecule is C[C@H]1S/C(=C(\C#N)C(=O)NCc2ccco2)N(Cc2ccco2)C1=O. The maximum Gasteiger partial charge on any atom is 0.265 e. The molecule has 0 spiro atoms. The zero-order chi connectivity index (χ0) is 17.8. The van der Waals surface area contributed by atoms with Gasteiger partial charge >= 0.3 is 0 Å². The molecule has 1 N–H and O–H groups in total. The quantitative estimate of drug-likeness (QED) is 0.651. The minimum atomic E-state index is -0.548. The molecule has 3 heterocycles. The lowest BCUT2D eigenvalue weighted by molar-refractivity contribution is -0.127. The largest absolute Gasteiger partial charge is 0.467 e. The second kappa shape index (κ2) is 7.32. The maximum atomic E-state index is 12.4. The van der Waals surface area contributed by atoms with Crippen molar-refractivity contribution >= 4 is 23.6 Å². The number of furan rings is 2. The van der Waals surface area contributed by atoms with Crippen molar-refractivity contribution in [3.8, 4) is 6.07 Å². The molecule has 0 aromatic carbocycles. The van der Waals surface area contributed by atoms with Gasteiger partial charge in [-0.1, -0.05) is 11.8 Å². The number of nitriles is 1. The van der Waals surface area contributed by atoms with Gasteiger partial charge in [0, 0.05) is 0 Å². The first-order valence-corrected chi connectivity index (χ1v) is 8.43. The molecule has 2 aromatic rings. The summed E-state index contributed by atoms with van der Waals surface area (Å²) in [5.41, 5.74) is -0.0965. The summed E-state index contributed by atoms with van der Waals surface area (Å²) >= 11 is 1.20. The van der Waals surface area contributed by atoms with E-state index in [1.807, 2.05) is 6.07 Å². The van der Waals surface area contributed by atoms with Gasteiger partial charge in [0.25, 0.3) is 5.91 Å². The first-order chi connectivity index (χ1) is 12.1. The normalized spacial score (nSPS) is 19.0. The minimum absolute atomic E-state index is 0.0965. The molecule has 0 radical (unpaired) electrons. The highest BCUT2D eigenvalue weighted by Crippen LogP contribution is 2.38. The van der Waals surface area contributed by atoms with E-state index in [1.165, 1.54) is 29.2 Å². The summed E-state index contributed by atoms with van der Waals surface area (Å²) in [6, 6.07) is 8.81. The Bertz CT molecular complexity index is 834. The monoisotopic (exact) mass is 357 g/mol. The standard InChI is InChI=1S/C17H15N3O4S/c1-11-16(22)20(10-13-5-3-7-24-13)17(25-11)14(8-18)15(21)19-9-12-4-2-6-23-12/h2-7,11H,9-10H2,1H3,(H,19,21)/b17-14+/t11-/m1/s1. The number of hydrogen-bond donors (Lipinski definition) is 1. The molecular formula is C17H15N3O4S. The lowest BCUT2D eigenvalue weighted by Gasteiger charge is -2.17. The zero-order valence-corrected chi connectivity index (χ0v) is 14.2. The van der Waals surface area contributed by atoms with Gasteiger partial charge in [0.05, 0.1) is 30.9 Å². The third-order valence-corrected chi connectivity index (χ3v) is 4.80. The van der Waals surface area contributed by atoms with E-state index in [9.17, 15) is 14.9 Å². The Morgan fingerprint density at radius 3 is 2.60 bits per heavy atom. The Kier molecular flexibility index (Phi) is 4.95. The Morgan fingerprint density at radius 1 is 1.32 bits per heavy atom. The van der Waals surface area contributed by atoms with Crippen LogP contribution in [0.4, 0.5) is 0 Å². The van der Waals surface area contributed by atoms with E-state index in [2.05, 4.69) is 5.32 Å². The summed E-state index contributed by atoms with van der Waals surface area (Å²) in [4.78, 5) is 26.2. The fourth-order valence-electron chi connectivity index (χ4n) is 2.37. The van der Waals surface area contributed by atoms with E-state index in [1.54, 1.807) is 31.2 Å². The van der Waals surface area contributed by atoms with E-state index in [0.29, 0.717) is 16.5 Å². The number of carbonyl (C=O) groups excluding carboxylic acids is 2. The van der Waals surface area contributed by atoms with Gasteiger partial charge in [-0.25, -0.2) is 0 Å². The third kappa shape index (κ3) is 3.61. The molecule has 3 rings (SSSR count). The zero-order valence-electron chi connectivity index (χ0n) is 13.4. The van der Waals surface area contributed by atoms with Gasteiger partial charge in [-0.2, -0.15) is 5.26 Å². The van der Waals surface area contributed by atoms with Crippen LogP contribution in [0.25, 0.3) is 0 Å². The van der Waals surface area contributed by atoms with Crippen molar-refractivity contribution in [3.63, 3.8) is 0 Å². The van der Waals surface area contributed by atoms with Crippen LogP contribution >= 0.6 is 11.8 Å². The van der Waals surface area contributed by atoms with Crippen molar-refractivity contribution in [2.24, 2.45) is 0 Å². The average Bonchev–Trinajstić information content (AvgIpc) is 3.34. The summed E-state index contributed by atoms with van der Waals surface area (Å²) in [5, 5.41) is 12.1. The van der Waals surface area contributed by atoms with Gasteiger partial charge in [0.2, 0.25) is 5.91 Å². The molecule has 0 aliphatic carbocycles. The van der Waals surface area contributed by atoms with E-state index < -0.39 is 5.91 Å². The van der Waals surface area contributed by atoms with Gasteiger partial charge < -0.3 is 14.2 Å². The van der Waals surface area contributed by atoms with Crippen LogP contribution in [0.2, 0.25) is 0 Å². The highest BCUT2D eigenvalue weighted by Gasteiger charge is 2.37. The van der Waals surface area contributed by atoms with Gasteiger partial charge in [-0.3, -0.25) is 14.5 Å². The minimum Gasteiger partial charge on any atom is -0.467 e. The lowest BCUT2D eigenvalue weighted by Crippen LogP contribution is -2.30. The Hall–Kier alpha value is -2.92. The van der Waals surface area contributed by atoms with E-state index in [4.69, 9.17) is 8.83 Å². The molecule has 0 saturated carbocycles. The molecular weight excluding hydrogens is 342 g/mol. The fraction of sp³-hybridized carbons (Fsp3) is 0.235. The highest BCUT2D eigenvalue weighted by atomic mass is 32.2. The smallest absolute Gasteiger partial charge is 0.265 e. The van der Waals surface area contributed by atoms with Crippen LogP contribution in [0.3, 0.4) is 0 Å².